The second-order valence-electron chi connectivity index (χ2n) is 2.41. The Hall–Kier alpha value is -0.290. The van der Waals surface area contributed by atoms with Gasteiger partial charge in [-0.2, -0.15) is 0 Å². The zero-order valence-electron chi connectivity index (χ0n) is 6.40. The molecule has 0 heterocycles. The maximum Gasteiger partial charge on any atom is 0.160 e. The van der Waals surface area contributed by atoms with Crippen LogP contribution in [0.4, 0.5) is 5.69 Å². The van der Waals surface area contributed by atoms with Gasteiger partial charge in [-0.3, -0.25) is 4.79 Å². The zero-order valence-corrected chi connectivity index (χ0v) is 9.31. The molecule has 12 heavy (non-hydrogen) atoms. The van der Waals surface area contributed by atoms with E-state index in [2.05, 4.69) is 22.6 Å². The predicted molar refractivity (Wildman–Crippen MR) is 58.6 cm³/mol. The van der Waals surface area contributed by atoms with Crippen molar-refractivity contribution in [3.8, 4) is 0 Å². The highest BCUT2D eigenvalue weighted by atomic mass is 127. The highest BCUT2D eigenvalue weighted by molar-refractivity contribution is 14.1. The van der Waals surface area contributed by atoms with Crippen molar-refractivity contribution in [3.63, 3.8) is 0 Å². The molecule has 0 aromatic heterocycles. The molecule has 0 fully saturated rings. The van der Waals surface area contributed by atoms with Gasteiger partial charge in [0, 0.05) is 9.13 Å². The molecule has 0 aliphatic heterocycles. The molecule has 64 valence electrons. The average Bonchev–Trinajstić information content (AvgIpc) is 1.96. The van der Waals surface area contributed by atoms with Crippen LogP contribution in [-0.2, 0) is 0 Å². The third-order valence-electron chi connectivity index (χ3n) is 1.47. The number of hydrogen-bond acceptors (Lipinski definition) is 2. The first kappa shape index (κ1) is 9.80. The van der Waals surface area contributed by atoms with Crippen LogP contribution in [0.2, 0.25) is 5.02 Å². The van der Waals surface area contributed by atoms with Crippen LogP contribution in [0.5, 0.6) is 0 Å². The van der Waals surface area contributed by atoms with Gasteiger partial charge in [0.15, 0.2) is 5.78 Å². The summed E-state index contributed by atoms with van der Waals surface area (Å²) < 4.78 is 0.835. The van der Waals surface area contributed by atoms with Gasteiger partial charge in [-0.15, -0.1) is 0 Å². The number of carbonyl (C=O) groups is 1. The number of halogens is 2. The van der Waals surface area contributed by atoms with Gasteiger partial charge in [0.05, 0.1) is 10.7 Å². The number of rotatable bonds is 1. The van der Waals surface area contributed by atoms with Gasteiger partial charge in [-0.05, 0) is 41.6 Å². The maximum atomic E-state index is 11.0. The number of nitrogen functional groups attached to an aromatic ring is 1. The Bertz CT molecular complexity index is 338. The molecule has 1 rings (SSSR count). The van der Waals surface area contributed by atoms with E-state index < -0.39 is 0 Å². The summed E-state index contributed by atoms with van der Waals surface area (Å²) in [6.07, 6.45) is 0. The Morgan fingerprint density at radius 2 is 2.17 bits per heavy atom. The topological polar surface area (TPSA) is 43.1 Å². The predicted octanol–water partition coefficient (Wildman–Crippen LogP) is 2.73. The largest absolute Gasteiger partial charge is 0.397 e. The van der Waals surface area contributed by atoms with Crippen molar-refractivity contribution >= 4 is 45.7 Å². The van der Waals surface area contributed by atoms with Gasteiger partial charge >= 0.3 is 0 Å². The summed E-state index contributed by atoms with van der Waals surface area (Å²) in [7, 11) is 0. The first-order chi connectivity index (χ1) is 5.52. The van der Waals surface area contributed by atoms with Gasteiger partial charge in [-0.25, -0.2) is 0 Å². The van der Waals surface area contributed by atoms with Crippen LogP contribution in [0.25, 0.3) is 0 Å². The lowest BCUT2D eigenvalue weighted by atomic mass is 10.1. The molecule has 0 aliphatic rings. The summed E-state index contributed by atoms with van der Waals surface area (Å²) in [6, 6.07) is 3.29. The number of benzene rings is 1. The lowest BCUT2D eigenvalue weighted by molar-refractivity contribution is 0.101. The van der Waals surface area contributed by atoms with Crippen molar-refractivity contribution in [2.45, 2.75) is 6.92 Å². The molecule has 0 bridgehead atoms. The van der Waals surface area contributed by atoms with E-state index in [4.69, 9.17) is 17.3 Å². The van der Waals surface area contributed by atoms with Crippen molar-refractivity contribution in [2.24, 2.45) is 0 Å². The minimum atomic E-state index is 0.00120. The van der Waals surface area contributed by atoms with Crippen LogP contribution in [0.15, 0.2) is 12.1 Å². The molecule has 4 heteroatoms. The summed E-state index contributed by atoms with van der Waals surface area (Å²) in [5.41, 5.74) is 6.67. The quantitative estimate of drug-likeness (QED) is 0.492. The first-order valence-corrected chi connectivity index (χ1v) is 4.73. The summed E-state index contributed by atoms with van der Waals surface area (Å²) in [5.74, 6) is 0.00120. The fraction of sp³-hybridized carbons (Fsp3) is 0.125. The third kappa shape index (κ3) is 1.90. The number of ketones is 1. The van der Waals surface area contributed by atoms with Gasteiger partial charge in [-0.1, -0.05) is 11.6 Å². The summed E-state index contributed by atoms with van der Waals surface area (Å²) in [6.45, 7) is 1.50. The lowest BCUT2D eigenvalue weighted by Crippen LogP contribution is -1.98. The lowest BCUT2D eigenvalue weighted by Gasteiger charge is -2.03. The van der Waals surface area contributed by atoms with Gasteiger partial charge in [0.1, 0.15) is 0 Å². The highest BCUT2D eigenvalue weighted by Crippen LogP contribution is 2.24. The first-order valence-electron chi connectivity index (χ1n) is 3.28. The van der Waals surface area contributed by atoms with E-state index in [1.807, 2.05) is 0 Å². The number of nitrogens with two attached hydrogens (primary N) is 1. The fourth-order valence-corrected chi connectivity index (χ4v) is 1.87. The number of hydrogen-bond donors (Lipinski definition) is 1. The smallest absolute Gasteiger partial charge is 0.160 e. The van der Waals surface area contributed by atoms with Crippen molar-refractivity contribution < 1.29 is 4.79 Å². The van der Waals surface area contributed by atoms with Crippen LogP contribution in [0, 0.1) is 3.57 Å². The standard InChI is InChI=1S/C8H7ClINO/c1-4(12)5-2-6(9)8(11)3-7(5)10/h2-3H,11H2,1H3. The monoisotopic (exact) mass is 295 g/mol. The second kappa shape index (κ2) is 3.62. The molecule has 0 saturated heterocycles. The molecule has 1 aromatic rings. The SMILES string of the molecule is CC(=O)c1cc(Cl)c(N)cc1I. The molecular weight excluding hydrogens is 288 g/mol. The van der Waals surface area contributed by atoms with Crippen molar-refractivity contribution in [1.29, 1.82) is 0 Å². The van der Waals surface area contributed by atoms with E-state index in [-0.39, 0.29) is 5.78 Å². The van der Waals surface area contributed by atoms with Gasteiger partial charge in [0.25, 0.3) is 0 Å². The van der Waals surface area contributed by atoms with Crippen molar-refractivity contribution in [2.75, 3.05) is 5.73 Å². The van der Waals surface area contributed by atoms with Crippen LogP contribution < -0.4 is 5.73 Å². The molecule has 0 spiro atoms. The molecule has 2 N–H and O–H groups in total. The zero-order chi connectivity index (χ0) is 9.30. The van der Waals surface area contributed by atoms with E-state index in [0.717, 1.165) is 3.57 Å². The van der Waals surface area contributed by atoms with E-state index in [9.17, 15) is 4.79 Å². The normalized spacial score (nSPS) is 9.92. The highest BCUT2D eigenvalue weighted by Gasteiger charge is 2.07. The molecule has 0 atom stereocenters. The molecule has 0 amide bonds. The van der Waals surface area contributed by atoms with E-state index in [1.165, 1.54) is 6.92 Å². The van der Waals surface area contributed by atoms with Crippen LogP contribution in [0.1, 0.15) is 17.3 Å². The Balaban J connectivity index is 3.33. The van der Waals surface area contributed by atoms with E-state index in [0.29, 0.717) is 16.3 Å². The summed E-state index contributed by atoms with van der Waals surface area (Å²) in [4.78, 5) is 11.0. The average molecular weight is 296 g/mol. The number of carbonyl (C=O) groups excluding carboxylic acids is 1. The molecule has 0 aliphatic carbocycles. The second-order valence-corrected chi connectivity index (χ2v) is 3.98. The van der Waals surface area contributed by atoms with Gasteiger partial charge in [0.2, 0.25) is 0 Å². The molecular formula is C8H7ClINO. The number of anilines is 1. The Morgan fingerprint density at radius 1 is 1.58 bits per heavy atom. The fourth-order valence-electron chi connectivity index (χ4n) is 0.832. The molecule has 2 nitrogen and oxygen atoms in total. The molecule has 1 aromatic carbocycles. The van der Waals surface area contributed by atoms with Crippen LogP contribution >= 0.6 is 34.2 Å². The number of Topliss-reactive ketones (excluding diaryl/α,β-unsaturated/α-hetero) is 1. The third-order valence-corrected chi connectivity index (χ3v) is 2.69. The van der Waals surface area contributed by atoms with E-state index in [1.54, 1.807) is 12.1 Å². The Labute approximate surface area is 89.2 Å². The van der Waals surface area contributed by atoms with E-state index >= 15 is 0 Å². The maximum absolute atomic E-state index is 11.0. The van der Waals surface area contributed by atoms with Gasteiger partial charge < -0.3 is 5.73 Å². The minimum Gasteiger partial charge on any atom is -0.397 e. The molecule has 0 saturated carbocycles. The Kier molecular flexibility index (Phi) is 2.95. The van der Waals surface area contributed by atoms with Crippen LogP contribution in [-0.4, -0.2) is 5.78 Å². The van der Waals surface area contributed by atoms with Crippen LogP contribution in [0.3, 0.4) is 0 Å². The summed E-state index contributed by atoms with van der Waals surface area (Å²) in [5, 5.41) is 0.431. The molecule has 0 unspecified atom stereocenters. The summed E-state index contributed by atoms with van der Waals surface area (Å²) >= 11 is 7.81. The minimum absolute atomic E-state index is 0.00120. The molecule has 0 radical (unpaired) electrons. The van der Waals surface area contributed by atoms with Crippen molar-refractivity contribution in [1.82, 2.24) is 0 Å². The Morgan fingerprint density at radius 3 is 2.67 bits per heavy atom. The van der Waals surface area contributed by atoms with Crippen molar-refractivity contribution in [3.05, 3.63) is 26.3 Å².